The zero-order chi connectivity index (χ0) is 10.5. The minimum absolute atomic E-state index is 0.237. The minimum Gasteiger partial charge on any atom is -0.408 e. The molecule has 2 N–H and O–H groups in total. The van der Waals surface area contributed by atoms with Crippen LogP contribution in [0.4, 0.5) is 5.69 Å². The number of nitrogens with zero attached hydrogens (tertiary/aromatic N) is 1. The number of nitrogen functional groups attached to an aromatic ring is 1. The second-order valence-electron chi connectivity index (χ2n) is 2.86. The Kier molecular flexibility index (Phi) is 1.97. The Balaban J connectivity index is 3.06. The van der Waals surface area contributed by atoms with Gasteiger partial charge in [0.2, 0.25) is 0 Å². The van der Waals surface area contributed by atoms with Crippen LogP contribution in [0, 0.1) is 0 Å². The molecule has 2 aromatic rings. The van der Waals surface area contributed by atoms with Crippen LogP contribution in [0.5, 0.6) is 0 Å². The Morgan fingerprint density at radius 1 is 1.50 bits per heavy atom. The molecule has 0 aliphatic rings. The summed E-state index contributed by atoms with van der Waals surface area (Å²) in [7, 11) is 1.55. The van der Waals surface area contributed by atoms with E-state index in [1.807, 2.05) is 0 Å². The van der Waals surface area contributed by atoms with Crippen molar-refractivity contribution in [3.8, 4) is 0 Å². The smallest absolute Gasteiger partial charge is 0.408 e. The number of aryl methyl sites for hydroxylation is 1. The first-order valence-electron chi connectivity index (χ1n) is 3.75. The summed E-state index contributed by atoms with van der Waals surface area (Å²) in [4.78, 5) is 11.2. The van der Waals surface area contributed by atoms with Gasteiger partial charge in [0.05, 0.1) is 15.7 Å². The Morgan fingerprint density at radius 2 is 2.14 bits per heavy atom. The van der Waals surface area contributed by atoms with Crippen LogP contribution in [0.15, 0.2) is 15.3 Å². The highest BCUT2D eigenvalue weighted by Crippen LogP contribution is 2.34. The highest BCUT2D eigenvalue weighted by molar-refractivity contribution is 6.42. The summed E-state index contributed by atoms with van der Waals surface area (Å²) in [5.41, 5.74) is 6.64. The van der Waals surface area contributed by atoms with E-state index in [4.69, 9.17) is 33.4 Å². The van der Waals surface area contributed by atoms with Crippen molar-refractivity contribution >= 4 is 40.0 Å². The van der Waals surface area contributed by atoms with Gasteiger partial charge in [-0.3, -0.25) is 4.57 Å². The molecule has 0 bridgehead atoms. The number of fused-ring (bicyclic) bond motifs is 1. The number of benzene rings is 1. The maximum Gasteiger partial charge on any atom is 0.419 e. The molecule has 14 heavy (non-hydrogen) atoms. The first-order chi connectivity index (χ1) is 6.52. The zero-order valence-electron chi connectivity index (χ0n) is 7.17. The van der Waals surface area contributed by atoms with Crippen LogP contribution in [0.1, 0.15) is 0 Å². The van der Waals surface area contributed by atoms with E-state index >= 15 is 0 Å². The van der Waals surface area contributed by atoms with E-state index in [-0.39, 0.29) is 15.7 Å². The normalized spacial score (nSPS) is 11.1. The molecule has 0 spiro atoms. The number of hydrogen-bond donors (Lipinski definition) is 1. The summed E-state index contributed by atoms with van der Waals surface area (Å²) in [6, 6.07) is 1.47. The molecule has 0 atom stereocenters. The molecule has 0 fully saturated rings. The Hall–Kier alpha value is -1.13. The van der Waals surface area contributed by atoms with E-state index in [0.29, 0.717) is 11.1 Å². The molecule has 0 saturated heterocycles. The van der Waals surface area contributed by atoms with Gasteiger partial charge in [-0.1, -0.05) is 23.2 Å². The second-order valence-corrected chi connectivity index (χ2v) is 3.64. The van der Waals surface area contributed by atoms with Gasteiger partial charge in [0.1, 0.15) is 5.52 Å². The Morgan fingerprint density at radius 3 is 2.79 bits per heavy atom. The lowest BCUT2D eigenvalue weighted by Gasteiger charge is -2.01. The lowest BCUT2D eigenvalue weighted by atomic mass is 10.3. The van der Waals surface area contributed by atoms with Crippen LogP contribution in [-0.4, -0.2) is 4.57 Å². The minimum atomic E-state index is -0.497. The molecule has 2 rings (SSSR count). The summed E-state index contributed by atoms with van der Waals surface area (Å²) in [5, 5.41) is 0.512. The average molecular weight is 233 g/mol. The highest BCUT2D eigenvalue weighted by atomic mass is 35.5. The fraction of sp³-hybridized carbons (Fsp3) is 0.125. The third-order valence-electron chi connectivity index (χ3n) is 2.00. The number of anilines is 1. The molecule has 1 aromatic carbocycles. The van der Waals surface area contributed by atoms with Crippen LogP contribution in [0.2, 0.25) is 10.0 Å². The van der Waals surface area contributed by atoms with Gasteiger partial charge in [-0.2, -0.15) is 0 Å². The number of hydrogen-bond acceptors (Lipinski definition) is 3. The molecule has 4 nitrogen and oxygen atoms in total. The van der Waals surface area contributed by atoms with Crippen LogP contribution in [0.3, 0.4) is 0 Å². The molecule has 0 aliphatic carbocycles. The lowest BCUT2D eigenvalue weighted by Crippen LogP contribution is -2.08. The molecule has 0 amide bonds. The van der Waals surface area contributed by atoms with Gasteiger partial charge in [0, 0.05) is 13.1 Å². The molecule has 0 unspecified atom stereocenters. The van der Waals surface area contributed by atoms with E-state index in [1.54, 1.807) is 7.05 Å². The molecule has 1 aromatic heterocycles. The standard InChI is InChI=1S/C8H6Cl2N2O2/c1-12-7-4(14-8(12)13)2-3(9)6(11)5(7)10/h2H,11H2,1H3. The highest BCUT2D eigenvalue weighted by Gasteiger charge is 2.14. The molecule has 74 valence electrons. The fourth-order valence-electron chi connectivity index (χ4n) is 1.25. The predicted molar refractivity (Wildman–Crippen MR) is 55.9 cm³/mol. The van der Waals surface area contributed by atoms with Crippen LogP contribution < -0.4 is 11.5 Å². The zero-order valence-corrected chi connectivity index (χ0v) is 8.69. The van der Waals surface area contributed by atoms with Crippen molar-refractivity contribution in [2.45, 2.75) is 0 Å². The van der Waals surface area contributed by atoms with Crippen molar-refractivity contribution in [2.75, 3.05) is 5.73 Å². The lowest BCUT2D eigenvalue weighted by molar-refractivity contribution is 0.528. The predicted octanol–water partition coefficient (Wildman–Crippen LogP) is 2.02. The molecule has 0 aliphatic heterocycles. The van der Waals surface area contributed by atoms with Crippen molar-refractivity contribution < 1.29 is 4.42 Å². The van der Waals surface area contributed by atoms with Gasteiger partial charge in [-0.05, 0) is 0 Å². The van der Waals surface area contributed by atoms with Crippen LogP contribution in [-0.2, 0) is 7.05 Å². The van der Waals surface area contributed by atoms with Crippen molar-refractivity contribution in [1.29, 1.82) is 0 Å². The number of rotatable bonds is 0. The summed E-state index contributed by atoms with van der Waals surface area (Å²) in [6.07, 6.45) is 0. The summed E-state index contributed by atoms with van der Waals surface area (Å²) >= 11 is 11.7. The van der Waals surface area contributed by atoms with E-state index in [9.17, 15) is 4.79 Å². The van der Waals surface area contributed by atoms with Crippen molar-refractivity contribution in [1.82, 2.24) is 4.57 Å². The van der Waals surface area contributed by atoms with E-state index in [1.165, 1.54) is 10.6 Å². The van der Waals surface area contributed by atoms with E-state index < -0.39 is 5.76 Å². The van der Waals surface area contributed by atoms with E-state index in [0.717, 1.165) is 0 Å². The number of halogens is 2. The average Bonchev–Trinajstić information content (AvgIpc) is 2.39. The number of nitrogens with two attached hydrogens (primary N) is 1. The summed E-state index contributed by atoms with van der Waals surface area (Å²) in [5.74, 6) is -0.497. The SMILES string of the molecule is Cn1c(=O)oc2cc(Cl)c(N)c(Cl)c21. The Bertz CT molecular complexity index is 571. The molecule has 6 heteroatoms. The van der Waals surface area contributed by atoms with Crippen LogP contribution in [0.25, 0.3) is 11.1 Å². The fourth-order valence-corrected chi connectivity index (χ4v) is 1.81. The molecule has 1 heterocycles. The van der Waals surface area contributed by atoms with Gasteiger partial charge in [0.25, 0.3) is 0 Å². The third-order valence-corrected chi connectivity index (χ3v) is 2.69. The van der Waals surface area contributed by atoms with Gasteiger partial charge in [-0.15, -0.1) is 0 Å². The number of oxazole rings is 1. The Labute approximate surface area is 88.8 Å². The molecular formula is C8H6Cl2N2O2. The summed E-state index contributed by atoms with van der Waals surface area (Å²) in [6.45, 7) is 0. The maximum absolute atomic E-state index is 11.2. The van der Waals surface area contributed by atoms with Gasteiger partial charge in [0.15, 0.2) is 5.58 Å². The monoisotopic (exact) mass is 232 g/mol. The third kappa shape index (κ3) is 1.11. The largest absolute Gasteiger partial charge is 0.419 e. The molecular weight excluding hydrogens is 227 g/mol. The van der Waals surface area contributed by atoms with Crippen molar-refractivity contribution in [3.63, 3.8) is 0 Å². The van der Waals surface area contributed by atoms with E-state index in [2.05, 4.69) is 0 Å². The molecule has 0 radical (unpaired) electrons. The summed E-state index contributed by atoms with van der Waals surface area (Å²) < 4.78 is 6.18. The van der Waals surface area contributed by atoms with Crippen molar-refractivity contribution in [3.05, 3.63) is 26.7 Å². The maximum atomic E-state index is 11.2. The molecule has 0 saturated carbocycles. The van der Waals surface area contributed by atoms with Crippen LogP contribution >= 0.6 is 23.2 Å². The van der Waals surface area contributed by atoms with Gasteiger partial charge >= 0.3 is 5.76 Å². The first-order valence-corrected chi connectivity index (χ1v) is 4.51. The van der Waals surface area contributed by atoms with Gasteiger partial charge in [-0.25, -0.2) is 4.79 Å². The topological polar surface area (TPSA) is 61.2 Å². The second kappa shape index (κ2) is 2.93. The first kappa shape index (κ1) is 9.43. The quantitative estimate of drug-likeness (QED) is 0.708. The van der Waals surface area contributed by atoms with Gasteiger partial charge < -0.3 is 10.2 Å². The van der Waals surface area contributed by atoms with Crippen molar-refractivity contribution in [2.24, 2.45) is 7.05 Å². The number of aromatic nitrogens is 1.